The van der Waals surface area contributed by atoms with Crippen LogP contribution in [-0.2, 0) is 19.1 Å². The van der Waals surface area contributed by atoms with Crippen molar-refractivity contribution in [3.8, 4) is 0 Å². The van der Waals surface area contributed by atoms with Gasteiger partial charge in [0.15, 0.2) is 6.10 Å². The summed E-state index contributed by atoms with van der Waals surface area (Å²) < 4.78 is 47.7. The highest BCUT2D eigenvalue weighted by Gasteiger charge is 2.44. The van der Waals surface area contributed by atoms with Gasteiger partial charge in [-0.3, -0.25) is 9.59 Å². The number of hydrogen-bond acceptors (Lipinski definition) is 4. The van der Waals surface area contributed by atoms with Crippen molar-refractivity contribution in [1.82, 2.24) is 0 Å². The molecule has 0 bridgehead atoms. The Balaban J connectivity index is 2.81. The van der Waals surface area contributed by atoms with Crippen molar-refractivity contribution in [3.05, 3.63) is 0 Å². The lowest BCUT2D eigenvalue weighted by Crippen LogP contribution is -2.44. The summed E-state index contributed by atoms with van der Waals surface area (Å²) in [5.41, 5.74) is -1.75. The van der Waals surface area contributed by atoms with Crippen LogP contribution in [0.2, 0.25) is 0 Å². The molecule has 1 aliphatic carbocycles. The molecule has 0 amide bonds. The van der Waals surface area contributed by atoms with Crippen molar-refractivity contribution in [2.75, 3.05) is 0 Å². The van der Waals surface area contributed by atoms with E-state index in [2.05, 4.69) is 4.74 Å². The Morgan fingerprint density at radius 1 is 1.12 bits per heavy atom. The molecule has 1 saturated carbocycles. The van der Waals surface area contributed by atoms with E-state index in [0.717, 1.165) is 26.2 Å². The fourth-order valence-electron chi connectivity index (χ4n) is 2.56. The zero-order valence-corrected chi connectivity index (χ0v) is 14.8. The molecule has 1 atom stereocenters. The molecule has 0 aromatic rings. The largest absolute Gasteiger partial charge is 0.458 e. The second kappa shape index (κ2) is 7.74. The number of alkyl halides is 3. The highest BCUT2D eigenvalue weighted by atomic mass is 19.4. The molecule has 0 heterocycles. The first-order chi connectivity index (χ1) is 10.9. The fourth-order valence-corrected chi connectivity index (χ4v) is 2.56. The van der Waals surface area contributed by atoms with Crippen LogP contribution in [0.1, 0.15) is 72.6 Å². The van der Waals surface area contributed by atoms with Gasteiger partial charge in [0, 0.05) is 0 Å². The van der Waals surface area contributed by atoms with Crippen molar-refractivity contribution >= 4 is 11.9 Å². The maximum absolute atomic E-state index is 12.5. The van der Waals surface area contributed by atoms with Crippen molar-refractivity contribution in [3.63, 3.8) is 0 Å². The minimum Gasteiger partial charge on any atom is -0.458 e. The molecule has 1 aliphatic rings. The predicted octanol–water partition coefficient (Wildman–Crippen LogP) is 4.55. The lowest BCUT2D eigenvalue weighted by Gasteiger charge is -2.38. The topological polar surface area (TPSA) is 52.6 Å². The summed E-state index contributed by atoms with van der Waals surface area (Å²) in [4.78, 5) is 24.3. The smallest absolute Gasteiger partial charge is 0.425 e. The maximum Gasteiger partial charge on any atom is 0.425 e. The van der Waals surface area contributed by atoms with Gasteiger partial charge >= 0.3 is 18.1 Å². The third-order valence-electron chi connectivity index (χ3n) is 4.75. The van der Waals surface area contributed by atoms with Gasteiger partial charge in [-0.05, 0) is 52.9 Å². The van der Waals surface area contributed by atoms with Gasteiger partial charge in [0.1, 0.15) is 5.60 Å². The van der Waals surface area contributed by atoms with Crippen LogP contribution in [-0.4, -0.2) is 29.8 Å². The van der Waals surface area contributed by atoms with E-state index >= 15 is 0 Å². The highest BCUT2D eigenvalue weighted by molar-refractivity contribution is 5.77. The van der Waals surface area contributed by atoms with Crippen LogP contribution >= 0.6 is 0 Å². The van der Waals surface area contributed by atoms with Crippen LogP contribution in [0.25, 0.3) is 0 Å². The van der Waals surface area contributed by atoms with E-state index in [-0.39, 0.29) is 6.42 Å². The number of esters is 2. The first-order valence-electron chi connectivity index (χ1n) is 8.41. The second-order valence-corrected chi connectivity index (χ2v) is 7.22. The molecular weight excluding hydrogens is 325 g/mol. The minimum absolute atomic E-state index is 0.334. The van der Waals surface area contributed by atoms with Gasteiger partial charge < -0.3 is 9.47 Å². The van der Waals surface area contributed by atoms with Gasteiger partial charge in [0.25, 0.3) is 0 Å². The zero-order chi connectivity index (χ0) is 18.6. The van der Waals surface area contributed by atoms with E-state index in [1.807, 2.05) is 6.92 Å². The fraction of sp³-hybridized carbons (Fsp3) is 0.882. The third kappa shape index (κ3) is 5.67. The lowest BCUT2D eigenvalue weighted by atomic mass is 9.81. The first-order valence-corrected chi connectivity index (χ1v) is 8.41. The molecule has 7 heteroatoms. The Labute approximate surface area is 141 Å². The maximum atomic E-state index is 12.5. The van der Waals surface area contributed by atoms with Crippen molar-refractivity contribution in [2.24, 2.45) is 5.41 Å². The molecular formula is C17H27F3O4. The Hall–Kier alpha value is -1.27. The minimum atomic E-state index is -4.60. The molecule has 0 N–H and O–H groups in total. The Morgan fingerprint density at radius 2 is 1.67 bits per heavy atom. The summed E-state index contributed by atoms with van der Waals surface area (Å²) in [5, 5.41) is 0. The quantitative estimate of drug-likeness (QED) is 0.658. The lowest BCUT2D eigenvalue weighted by molar-refractivity contribution is -0.220. The van der Waals surface area contributed by atoms with E-state index in [1.165, 1.54) is 0 Å². The van der Waals surface area contributed by atoms with Gasteiger partial charge in [-0.15, -0.1) is 0 Å². The first kappa shape index (κ1) is 20.8. The number of rotatable bonds is 6. The zero-order valence-electron chi connectivity index (χ0n) is 14.8. The summed E-state index contributed by atoms with van der Waals surface area (Å²) in [7, 11) is 0. The number of ether oxygens (including phenoxy) is 2. The van der Waals surface area contributed by atoms with E-state index in [0.29, 0.717) is 19.3 Å². The molecule has 0 saturated heterocycles. The molecule has 0 aromatic carbocycles. The Morgan fingerprint density at radius 3 is 2.12 bits per heavy atom. The molecule has 0 radical (unpaired) electrons. The molecule has 24 heavy (non-hydrogen) atoms. The summed E-state index contributed by atoms with van der Waals surface area (Å²) in [5.74, 6) is -1.41. The van der Waals surface area contributed by atoms with Gasteiger partial charge in [0.05, 0.1) is 11.8 Å². The van der Waals surface area contributed by atoms with Crippen LogP contribution in [0.4, 0.5) is 13.2 Å². The number of carbonyl (C=O) groups is 2. The molecule has 1 rings (SSSR count). The van der Waals surface area contributed by atoms with Crippen LogP contribution in [0, 0.1) is 5.41 Å². The van der Waals surface area contributed by atoms with Gasteiger partial charge in [0.2, 0.25) is 0 Å². The van der Waals surface area contributed by atoms with Crippen LogP contribution in [0.5, 0.6) is 0 Å². The highest BCUT2D eigenvalue weighted by Crippen LogP contribution is 2.38. The van der Waals surface area contributed by atoms with Gasteiger partial charge in [-0.25, -0.2) is 0 Å². The van der Waals surface area contributed by atoms with Crippen molar-refractivity contribution in [1.29, 1.82) is 0 Å². The average molecular weight is 352 g/mol. The van der Waals surface area contributed by atoms with Crippen molar-refractivity contribution in [2.45, 2.75) is 90.5 Å². The van der Waals surface area contributed by atoms with Gasteiger partial charge in [-0.2, -0.15) is 13.2 Å². The predicted molar refractivity (Wildman–Crippen MR) is 82.2 cm³/mol. The molecule has 0 spiro atoms. The van der Waals surface area contributed by atoms with E-state index in [9.17, 15) is 22.8 Å². The van der Waals surface area contributed by atoms with E-state index < -0.39 is 35.2 Å². The molecule has 1 unspecified atom stereocenters. The normalized spacial score (nSPS) is 19.5. The summed E-state index contributed by atoms with van der Waals surface area (Å²) in [6.45, 7) is 6.14. The van der Waals surface area contributed by atoms with Crippen molar-refractivity contribution < 1.29 is 32.2 Å². The number of halogens is 3. The molecule has 0 aliphatic heterocycles. The monoisotopic (exact) mass is 352 g/mol. The second-order valence-electron chi connectivity index (χ2n) is 7.22. The molecule has 140 valence electrons. The number of hydrogen-bond donors (Lipinski definition) is 0. The summed E-state index contributed by atoms with van der Waals surface area (Å²) in [6, 6.07) is 0. The van der Waals surface area contributed by atoms with E-state index in [4.69, 9.17) is 4.74 Å². The third-order valence-corrected chi connectivity index (χ3v) is 4.75. The standard InChI is InChI=1S/C17H27F3O4/c1-5-15(3,4)14(22)24-16(9-7-6-8-10-16)11-13(21)23-12(2)17(18,19)20/h12H,5-11H2,1-4H3. The Bertz CT molecular complexity index is 451. The number of carbonyl (C=O) groups excluding carboxylic acids is 2. The SMILES string of the molecule is CCC(C)(C)C(=O)OC1(CC(=O)OC(C)C(F)(F)F)CCCCC1. The Kier molecular flexibility index (Phi) is 6.70. The molecule has 4 nitrogen and oxygen atoms in total. The van der Waals surface area contributed by atoms with Crippen LogP contribution < -0.4 is 0 Å². The summed E-state index contributed by atoms with van der Waals surface area (Å²) >= 11 is 0. The van der Waals surface area contributed by atoms with Crippen LogP contribution in [0.15, 0.2) is 0 Å². The summed E-state index contributed by atoms with van der Waals surface area (Å²) in [6.07, 6.45) is -3.13. The molecule has 1 fully saturated rings. The van der Waals surface area contributed by atoms with E-state index in [1.54, 1.807) is 13.8 Å². The molecule has 0 aromatic heterocycles. The van der Waals surface area contributed by atoms with Gasteiger partial charge in [-0.1, -0.05) is 13.3 Å². The van der Waals surface area contributed by atoms with Crippen LogP contribution in [0.3, 0.4) is 0 Å². The average Bonchev–Trinajstić information content (AvgIpc) is 2.46.